The van der Waals surface area contributed by atoms with Crippen LogP contribution in [-0.2, 0) is 18.4 Å². The zero-order valence-corrected chi connectivity index (χ0v) is 23.3. The number of carboxylic acid groups (broad SMARTS) is 1. The van der Waals surface area contributed by atoms with E-state index in [2.05, 4.69) is 16.4 Å². The van der Waals surface area contributed by atoms with Crippen molar-refractivity contribution >= 4 is 23.0 Å². The summed E-state index contributed by atoms with van der Waals surface area (Å²) in [4.78, 5) is 26.8. The molecule has 0 radical (unpaired) electrons. The molecule has 1 atom stereocenters. The summed E-state index contributed by atoms with van der Waals surface area (Å²) in [5, 5.41) is 18.8. The molecule has 0 saturated heterocycles. The molecule has 3 aromatic rings. The Balaban J connectivity index is 1.74. The van der Waals surface area contributed by atoms with Crippen molar-refractivity contribution in [2.45, 2.75) is 78.7 Å². The lowest BCUT2D eigenvalue weighted by molar-refractivity contribution is -0.147. The van der Waals surface area contributed by atoms with Crippen LogP contribution in [-0.4, -0.2) is 43.5 Å². The Morgan fingerprint density at radius 1 is 1.13 bits per heavy atom. The zero-order valence-electron chi connectivity index (χ0n) is 23.3. The van der Waals surface area contributed by atoms with Gasteiger partial charge < -0.3 is 15.7 Å². The molecular formula is C30H41N5O3. The van der Waals surface area contributed by atoms with E-state index in [1.807, 2.05) is 45.2 Å². The summed E-state index contributed by atoms with van der Waals surface area (Å²) >= 11 is 0. The van der Waals surface area contributed by atoms with Crippen molar-refractivity contribution in [1.29, 1.82) is 0 Å². The molecule has 8 heteroatoms. The van der Waals surface area contributed by atoms with Gasteiger partial charge in [0.05, 0.1) is 10.9 Å². The molecule has 1 unspecified atom stereocenters. The fourth-order valence-electron chi connectivity index (χ4n) is 6.01. The van der Waals surface area contributed by atoms with Crippen molar-refractivity contribution in [3.05, 3.63) is 58.1 Å². The van der Waals surface area contributed by atoms with Crippen LogP contribution in [0, 0.1) is 25.2 Å². The minimum absolute atomic E-state index is 0.411. The molecule has 204 valence electrons. The number of fused-ring (bicyclic) bond motifs is 1. The zero-order chi connectivity index (χ0) is 27.6. The second kappa shape index (κ2) is 11.1. The van der Waals surface area contributed by atoms with E-state index in [4.69, 9.17) is 5.73 Å². The molecule has 0 aliphatic heterocycles. The van der Waals surface area contributed by atoms with E-state index in [1.165, 1.54) is 25.7 Å². The molecule has 1 aromatic heterocycles. The average molecular weight is 520 g/mol. The number of carbonyl (C=O) groups is 2. The number of benzene rings is 2. The number of nitrogens with two attached hydrogens (primary N) is 1. The number of hydrogen-bond acceptors (Lipinski definition) is 4. The van der Waals surface area contributed by atoms with E-state index >= 15 is 0 Å². The predicted molar refractivity (Wildman–Crippen MR) is 149 cm³/mol. The Morgan fingerprint density at radius 3 is 2.45 bits per heavy atom. The Labute approximate surface area is 225 Å². The first-order chi connectivity index (χ1) is 18.0. The van der Waals surface area contributed by atoms with Crippen LogP contribution in [0.15, 0.2) is 30.3 Å². The van der Waals surface area contributed by atoms with Crippen LogP contribution in [0.1, 0.15) is 86.1 Å². The number of nitrogens with zero attached hydrogens (tertiary/aromatic N) is 4. The van der Waals surface area contributed by atoms with Crippen LogP contribution in [0.5, 0.6) is 0 Å². The second-order valence-corrected chi connectivity index (χ2v) is 11.6. The first-order valence-electron chi connectivity index (χ1n) is 13.7. The molecule has 1 aliphatic rings. The number of carboxylic acids is 1. The third-order valence-electron chi connectivity index (χ3n) is 8.50. The van der Waals surface area contributed by atoms with Gasteiger partial charge in [-0.25, -0.2) is 9.48 Å². The number of primary amides is 1. The summed E-state index contributed by atoms with van der Waals surface area (Å²) in [7, 11) is 1.85. The highest BCUT2D eigenvalue weighted by Crippen LogP contribution is 2.44. The molecule has 1 fully saturated rings. The molecular weight excluding hydrogens is 478 g/mol. The highest BCUT2D eigenvalue weighted by molar-refractivity contribution is 5.82. The van der Waals surface area contributed by atoms with Gasteiger partial charge in [0, 0.05) is 26.1 Å². The molecule has 38 heavy (non-hydrogen) atoms. The standard InChI is InChI=1S/C30H41N5O3/c1-19-12-13-22(16-23(19)18-35(29(31)38)17-21-10-8-6-7-9-11-21)26(30(3,4)28(36)37)24-14-15-25-27(20(24)2)32-33-34(25)5/h12-16,21,26H,6-11,17-18H2,1-5H3,(H2,31,38)(H,36,37). The predicted octanol–water partition coefficient (Wildman–Crippen LogP) is 5.68. The molecule has 1 aliphatic carbocycles. The maximum Gasteiger partial charge on any atom is 0.315 e. The molecule has 0 bridgehead atoms. The summed E-state index contributed by atoms with van der Waals surface area (Å²) in [5.74, 6) is -0.849. The van der Waals surface area contributed by atoms with Crippen LogP contribution >= 0.6 is 0 Å². The minimum atomic E-state index is -1.10. The fraction of sp³-hybridized carbons (Fsp3) is 0.533. The number of aryl methyl sites for hydroxylation is 3. The van der Waals surface area contributed by atoms with Crippen molar-refractivity contribution in [3.8, 4) is 0 Å². The highest BCUT2D eigenvalue weighted by Gasteiger charge is 2.40. The van der Waals surface area contributed by atoms with E-state index in [-0.39, 0.29) is 0 Å². The lowest BCUT2D eigenvalue weighted by Crippen LogP contribution is -2.39. The molecule has 1 heterocycles. The summed E-state index contributed by atoms with van der Waals surface area (Å²) in [6, 6.07) is 9.64. The number of carbonyl (C=O) groups excluding carboxylic acids is 1. The molecule has 0 spiro atoms. The van der Waals surface area contributed by atoms with Gasteiger partial charge in [0.2, 0.25) is 0 Å². The SMILES string of the molecule is Cc1ccc(C(c2ccc3c(nnn3C)c2C)C(C)(C)C(=O)O)cc1CN(CC1CCCCCC1)C(N)=O. The Morgan fingerprint density at radius 2 is 1.82 bits per heavy atom. The molecule has 8 nitrogen and oxygen atoms in total. The first kappa shape index (κ1) is 27.6. The van der Waals surface area contributed by atoms with Gasteiger partial charge in [-0.3, -0.25) is 4.79 Å². The van der Waals surface area contributed by atoms with E-state index < -0.39 is 23.3 Å². The van der Waals surface area contributed by atoms with Gasteiger partial charge in [0.15, 0.2) is 0 Å². The van der Waals surface area contributed by atoms with Crippen molar-refractivity contribution in [1.82, 2.24) is 19.9 Å². The molecule has 1 saturated carbocycles. The van der Waals surface area contributed by atoms with Crippen molar-refractivity contribution in [2.24, 2.45) is 24.1 Å². The molecule has 4 rings (SSSR count). The Kier molecular flexibility index (Phi) is 8.09. The van der Waals surface area contributed by atoms with Crippen molar-refractivity contribution in [3.63, 3.8) is 0 Å². The number of aromatic nitrogens is 3. The largest absolute Gasteiger partial charge is 0.481 e. The van der Waals surface area contributed by atoms with E-state index in [1.54, 1.807) is 23.4 Å². The van der Waals surface area contributed by atoms with Crippen LogP contribution in [0.4, 0.5) is 4.79 Å². The van der Waals surface area contributed by atoms with Gasteiger partial charge in [0.1, 0.15) is 5.52 Å². The normalized spacial score (nSPS) is 15.8. The van der Waals surface area contributed by atoms with E-state index in [0.29, 0.717) is 19.0 Å². The van der Waals surface area contributed by atoms with Crippen molar-refractivity contribution in [2.75, 3.05) is 6.54 Å². The summed E-state index contributed by atoms with van der Waals surface area (Å²) in [6.07, 6.45) is 7.17. The second-order valence-electron chi connectivity index (χ2n) is 11.6. The summed E-state index contributed by atoms with van der Waals surface area (Å²) < 4.78 is 1.72. The van der Waals surface area contributed by atoms with E-state index in [0.717, 1.165) is 51.7 Å². The third-order valence-corrected chi connectivity index (χ3v) is 8.50. The lowest BCUT2D eigenvalue weighted by Gasteiger charge is -2.33. The van der Waals surface area contributed by atoms with Gasteiger partial charge in [-0.15, -0.1) is 5.10 Å². The Hall–Kier alpha value is -3.42. The third kappa shape index (κ3) is 5.54. The molecule has 2 aromatic carbocycles. The minimum Gasteiger partial charge on any atom is -0.481 e. The topological polar surface area (TPSA) is 114 Å². The van der Waals surface area contributed by atoms with Crippen LogP contribution in [0.25, 0.3) is 11.0 Å². The maximum atomic E-state index is 12.6. The fourth-order valence-corrected chi connectivity index (χ4v) is 6.01. The number of hydrogen-bond donors (Lipinski definition) is 2. The van der Waals surface area contributed by atoms with Gasteiger partial charge in [-0.2, -0.15) is 0 Å². The number of urea groups is 1. The first-order valence-corrected chi connectivity index (χ1v) is 13.7. The van der Waals surface area contributed by atoms with Gasteiger partial charge >= 0.3 is 12.0 Å². The summed E-state index contributed by atoms with van der Waals surface area (Å²) in [5.41, 5.74) is 11.2. The highest BCUT2D eigenvalue weighted by atomic mass is 16.4. The van der Waals surface area contributed by atoms with Gasteiger partial charge in [-0.05, 0) is 80.3 Å². The average Bonchev–Trinajstić information content (AvgIpc) is 3.06. The summed E-state index contributed by atoms with van der Waals surface area (Å²) in [6.45, 7) is 8.61. The van der Waals surface area contributed by atoms with E-state index in [9.17, 15) is 14.7 Å². The number of amides is 2. The number of aliphatic carboxylic acids is 1. The van der Waals surface area contributed by atoms with Crippen LogP contribution < -0.4 is 5.73 Å². The quantitative estimate of drug-likeness (QED) is 0.372. The molecule has 2 amide bonds. The van der Waals surface area contributed by atoms with Gasteiger partial charge in [-0.1, -0.05) is 55.2 Å². The Bertz CT molecular complexity index is 1320. The van der Waals surface area contributed by atoms with Crippen molar-refractivity contribution < 1.29 is 14.7 Å². The monoisotopic (exact) mass is 519 g/mol. The smallest absolute Gasteiger partial charge is 0.315 e. The number of rotatable bonds is 8. The van der Waals surface area contributed by atoms with Crippen LogP contribution in [0.2, 0.25) is 0 Å². The molecule has 3 N–H and O–H groups in total. The maximum absolute atomic E-state index is 12.6. The van der Waals surface area contributed by atoms with Gasteiger partial charge in [0.25, 0.3) is 0 Å². The lowest BCUT2D eigenvalue weighted by atomic mass is 9.69. The van der Waals surface area contributed by atoms with Crippen LogP contribution in [0.3, 0.4) is 0 Å².